The minimum absolute atomic E-state index is 0.239. The van der Waals surface area contributed by atoms with Crippen LogP contribution in [0, 0.1) is 5.41 Å². The average Bonchev–Trinajstić information content (AvgIpc) is 2.23. The molecule has 0 radical (unpaired) electrons. The SMILES string of the molecule is CC1(C)CNCCC1(C)c1ccc(Cl)cc1. The van der Waals surface area contributed by atoms with E-state index in [1.165, 1.54) is 12.0 Å². The van der Waals surface area contributed by atoms with Crippen LogP contribution in [0.4, 0.5) is 0 Å². The first kappa shape index (κ1) is 11.9. The lowest BCUT2D eigenvalue weighted by molar-refractivity contribution is 0.126. The van der Waals surface area contributed by atoms with Gasteiger partial charge < -0.3 is 5.32 Å². The van der Waals surface area contributed by atoms with Crippen molar-refractivity contribution in [3.8, 4) is 0 Å². The van der Waals surface area contributed by atoms with Gasteiger partial charge in [0.05, 0.1) is 0 Å². The number of piperidine rings is 1. The van der Waals surface area contributed by atoms with Crippen LogP contribution in [0.25, 0.3) is 0 Å². The molecule has 2 rings (SSSR count). The lowest BCUT2D eigenvalue weighted by atomic mass is 9.59. The molecule has 1 heterocycles. The molecule has 0 aromatic heterocycles. The quantitative estimate of drug-likeness (QED) is 0.787. The zero-order valence-corrected chi connectivity index (χ0v) is 11.1. The van der Waals surface area contributed by atoms with Gasteiger partial charge in [-0.2, -0.15) is 0 Å². The smallest absolute Gasteiger partial charge is 0.0406 e. The normalized spacial score (nSPS) is 29.0. The number of hydrogen-bond donors (Lipinski definition) is 1. The minimum Gasteiger partial charge on any atom is -0.316 e. The van der Waals surface area contributed by atoms with Crippen molar-refractivity contribution in [1.82, 2.24) is 5.32 Å². The monoisotopic (exact) mass is 237 g/mol. The maximum absolute atomic E-state index is 5.95. The summed E-state index contributed by atoms with van der Waals surface area (Å²) in [5.74, 6) is 0. The molecule has 0 amide bonds. The zero-order chi connectivity index (χ0) is 11.8. The van der Waals surface area contributed by atoms with E-state index in [0.29, 0.717) is 0 Å². The minimum atomic E-state index is 0.239. The Morgan fingerprint density at radius 2 is 1.75 bits per heavy atom. The third kappa shape index (κ3) is 1.87. The van der Waals surface area contributed by atoms with E-state index in [0.717, 1.165) is 18.1 Å². The fourth-order valence-electron chi connectivity index (χ4n) is 2.63. The van der Waals surface area contributed by atoms with Gasteiger partial charge in [0.15, 0.2) is 0 Å². The first-order valence-electron chi connectivity index (χ1n) is 5.92. The van der Waals surface area contributed by atoms with Crippen molar-refractivity contribution in [2.75, 3.05) is 13.1 Å². The fraction of sp³-hybridized carbons (Fsp3) is 0.571. The maximum Gasteiger partial charge on any atom is 0.0406 e. The summed E-state index contributed by atoms with van der Waals surface area (Å²) in [6.07, 6.45) is 1.18. The molecule has 1 unspecified atom stereocenters. The molecule has 0 saturated carbocycles. The summed E-state index contributed by atoms with van der Waals surface area (Å²) in [6, 6.07) is 8.35. The summed E-state index contributed by atoms with van der Waals surface area (Å²) >= 11 is 5.95. The van der Waals surface area contributed by atoms with Crippen LogP contribution in [0.5, 0.6) is 0 Å². The summed E-state index contributed by atoms with van der Waals surface area (Å²) in [7, 11) is 0. The molecular formula is C14H20ClN. The molecular weight excluding hydrogens is 218 g/mol. The number of benzene rings is 1. The van der Waals surface area contributed by atoms with Gasteiger partial charge in [0.1, 0.15) is 0 Å². The molecule has 2 heteroatoms. The number of halogens is 1. The average molecular weight is 238 g/mol. The summed E-state index contributed by atoms with van der Waals surface area (Å²) < 4.78 is 0. The predicted octanol–water partition coefficient (Wildman–Crippen LogP) is 3.62. The van der Waals surface area contributed by atoms with Gasteiger partial charge in [-0.05, 0) is 41.5 Å². The van der Waals surface area contributed by atoms with Gasteiger partial charge >= 0.3 is 0 Å². The second-order valence-electron chi connectivity index (χ2n) is 5.65. The Balaban J connectivity index is 2.39. The number of nitrogens with one attached hydrogen (secondary N) is 1. The van der Waals surface area contributed by atoms with E-state index in [2.05, 4.69) is 38.2 Å². The summed E-state index contributed by atoms with van der Waals surface area (Å²) in [5.41, 5.74) is 1.92. The standard InChI is InChI=1S/C14H20ClN/c1-13(2)10-16-9-8-14(13,3)11-4-6-12(15)7-5-11/h4-7,16H,8-10H2,1-3H3. The van der Waals surface area contributed by atoms with E-state index in [9.17, 15) is 0 Å². The fourth-order valence-corrected chi connectivity index (χ4v) is 2.75. The van der Waals surface area contributed by atoms with Gasteiger partial charge in [-0.15, -0.1) is 0 Å². The van der Waals surface area contributed by atoms with Crippen molar-refractivity contribution >= 4 is 11.6 Å². The maximum atomic E-state index is 5.95. The number of rotatable bonds is 1. The van der Waals surface area contributed by atoms with Crippen LogP contribution in [0.3, 0.4) is 0 Å². The molecule has 1 aromatic rings. The molecule has 1 aliphatic rings. The molecule has 1 fully saturated rings. The van der Waals surface area contributed by atoms with E-state index in [1.54, 1.807) is 0 Å². The Kier molecular flexibility index (Phi) is 3.02. The van der Waals surface area contributed by atoms with Crippen LogP contribution in [-0.2, 0) is 5.41 Å². The van der Waals surface area contributed by atoms with Gasteiger partial charge in [-0.3, -0.25) is 0 Å². The molecule has 1 aliphatic heterocycles. The van der Waals surface area contributed by atoms with Crippen LogP contribution >= 0.6 is 11.6 Å². The van der Waals surface area contributed by atoms with Crippen LogP contribution in [0.2, 0.25) is 5.02 Å². The summed E-state index contributed by atoms with van der Waals surface area (Å²) in [6.45, 7) is 9.23. The largest absolute Gasteiger partial charge is 0.316 e. The molecule has 1 atom stereocenters. The van der Waals surface area contributed by atoms with Crippen LogP contribution in [0.1, 0.15) is 32.8 Å². The Bertz CT molecular complexity index is 369. The van der Waals surface area contributed by atoms with Crippen molar-refractivity contribution in [3.63, 3.8) is 0 Å². The molecule has 1 N–H and O–H groups in total. The molecule has 1 saturated heterocycles. The number of hydrogen-bond acceptors (Lipinski definition) is 1. The van der Waals surface area contributed by atoms with Crippen LogP contribution < -0.4 is 5.32 Å². The highest BCUT2D eigenvalue weighted by atomic mass is 35.5. The van der Waals surface area contributed by atoms with Crippen molar-refractivity contribution < 1.29 is 0 Å². The molecule has 0 bridgehead atoms. The van der Waals surface area contributed by atoms with Crippen molar-refractivity contribution in [2.24, 2.45) is 5.41 Å². The van der Waals surface area contributed by atoms with E-state index < -0.39 is 0 Å². The second-order valence-corrected chi connectivity index (χ2v) is 6.09. The van der Waals surface area contributed by atoms with E-state index in [4.69, 9.17) is 11.6 Å². The van der Waals surface area contributed by atoms with Gasteiger partial charge in [0.2, 0.25) is 0 Å². The Labute approximate surface area is 103 Å². The molecule has 16 heavy (non-hydrogen) atoms. The highest BCUT2D eigenvalue weighted by Gasteiger charge is 2.43. The Morgan fingerprint density at radius 1 is 1.12 bits per heavy atom. The van der Waals surface area contributed by atoms with E-state index in [1.807, 2.05) is 12.1 Å². The lowest BCUT2D eigenvalue weighted by Crippen LogP contribution is -2.52. The van der Waals surface area contributed by atoms with Crippen LogP contribution in [-0.4, -0.2) is 13.1 Å². The molecule has 0 spiro atoms. The third-order valence-corrected chi connectivity index (χ3v) is 4.60. The summed E-state index contributed by atoms with van der Waals surface area (Å²) in [5, 5.41) is 4.30. The van der Waals surface area contributed by atoms with Crippen molar-refractivity contribution in [3.05, 3.63) is 34.9 Å². The first-order chi connectivity index (χ1) is 7.46. The lowest BCUT2D eigenvalue weighted by Gasteiger charge is -2.49. The van der Waals surface area contributed by atoms with Crippen molar-refractivity contribution in [2.45, 2.75) is 32.6 Å². The molecule has 88 valence electrons. The highest BCUT2D eigenvalue weighted by molar-refractivity contribution is 6.30. The van der Waals surface area contributed by atoms with Crippen molar-refractivity contribution in [1.29, 1.82) is 0 Å². The zero-order valence-electron chi connectivity index (χ0n) is 10.3. The molecule has 1 nitrogen and oxygen atoms in total. The highest BCUT2D eigenvalue weighted by Crippen LogP contribution is 2.45. The first-order valence-corrected chi connectivity index (χ1v) is 6.30. The third-order valence-electron chi connectivity index (χ3n) is 4.34. The van der Waals surface area contributed by atoms with Gasteiger partial charge in [0.25, 0.3) is 0 Å². The topological polar surface area (TPSA) is 12.0 Å². The van der Waals surface area contributed by atoms with Gasteiger partial charge in [-0.1, -0.05) is 44.5 Å². The van der Waals surface area contributed by atoms with E-state index in [-0.39, 0.29) is 10.8 Å². The van der Waals surface area contributed by atoms with Gasteiger partial charge in [0, 0.05) is 11.6 Å². The second kappa shape index (κ2) is 4.05. The molecule has 1 aromatic carbocycles. The summed E-state index contributed by atoms with van der Waals surface area (Å²) in [4.78, 5) is 0. The predicted molar refractivity (Wildman–Crippen MR) is 70.1 cm³/mol. The Hall–Kier alpha value is -0.530. The van der Waals surface area contributed by atoms with E-state index >= 15 is 0 Å². The Morgan fingerprint density at radius 3 is 2.31 bits per heavy atom. The molecule has 0 aliphatic carbocycles. The van der Waals surface area contributed by atoms with Crippen LogP contribution in [0.15, 0.2) is 24.3 Å². The van der Waals surface area contributed by atoms with Gasteiger partial charge in [-0.25, -0.2) is 0 Å².